The van der Waals surface area contributed by atoms with Crippen molar-refractivity contribution >= 4 is 41.3 Å². The summed E-state index contributed by atoms with van der Waals surface area (Å²) in [5.74, 6) is 0.910. The highest BCUT2D eigenvalue weighted by molar-refractivity contribution is 14.0. The lowest BCUT2D eigenvalue weighted by molar-refractivity contribution is 0.477. The maximum atomic E-state index is 4.48. The molecule has 1 N–H and O–H groups in total. The minimum absolute atomic E-state index is 0. The van der Waals surface area contributed by atoms with Crippen LogP contribution in [-0.4, -0.2) is 36.5 Å². The summed E-state index contributed by atoms with van der Waals surface area (Å²) in [7, 11) is 3.88. The molecule has 0 bridgehead atoms. The molecule has 0 aliphatic rings. The van der Waals surface area contributed by atoms with Gasteiger partial charge in [-0.1, -0.05) is 29.8 Å². The van der Waals surface area contributed by atoms with Gasteiger partial charge < -0.3 is 10.2 Å². The van der Waals surface area contributed by atoms with Gasteiger partial charge in [0.05, 0.1) is 10.7 Å². The second-order valence-corrected chi connectivity index (χ2v) is 6.49. The zero-order valence-corrected chi connectivity index (χ0v) is 17.3. The van der Waals surface area contributed by atoms with Gasteiger partial charge in [-0.2, -0.15) is 0 Å². The molecule has 23 heavy (non-hydrogen) atoms. The lowest BCUT2D eigenvalue weighted by Gasteiger charge is -2.22. The number of aromatic nitrogens is 1. The van der Waals surface area contributed by atoms with Gasteiger partial charge in [-0.15, -0.1) is 35.3 Å². The van der Waals surface area contributed by atoms with Gasteiger partial charge in [-0.3, -0.25) is 4.99 Å². The first-order chi connectivity index (χ1) is 10.6. The molecule has 0 saturated carbocycles. The molecule has 2 rings (SSSR count). The van der Waals surface area contributed by atoms with Crippen LogP contribution in [0, 0.1) is 13.8 Å². The van der Waals surface area contributed by atoms with E-state index in [4.69, 9.17) is 0 Å². The number of hydrogen-bond donors (Lipinski definition) is 1. The first kappa shape index (κ1) is 19.9. The van der Waals surface area contributed by atoms with Crippen LogP contribution in [0.1, 0.15) is 21.8 Å². The number of aryl methyl sites for hydroxylation is 2. The van der Waals surface area contributed by atoms with Crippen molar-refractivity contribution in [2.45, 2.75) is 26.8 Å². The van der Waals surface area contributed by atoms with Crippen LogP contribution in [0.2, 0.25) is 0 Å². The van der Waals surface area contributed by atoms with E-state index in [2.05, 4.69) is 63.8 Å². The van der Waals surface area contributed by atoms with E-state index in [1.807, 2.05) is 14.0 Å². The minimum atomic E-state index is 0. The highest BCUT2D eigenvalue weighted by Gasteiger charge is 2.07. The molecule has 0 spiro atoms. The van der Waals surface area contributed by atoms with Gasteiger partial charge in [-0.05, 0) is 19.4 Å². The Morgan fingerprint density at radius 1 is 1.26 bits per heavy atom. The highest BCUT2D eigenvalue weighted by atomic mass is 127. The summed E-state index contributed by atoms with van der Waals surface area (Å²) in [5.41, 5.74) is 3.71. The number of halogens is 1. The summed E-state index contributed by atoms with van der Waals surface area (Å²) in [5, 5.41) is 6.64. The molecular formula is C17H25IN4S. The second-order valence-electron chi connectivity index (χ2n) is 5.42. The van der Waals surface area contributed by atoms with Crippen LogP contribution in [0.15, 0.2) is 34.6 Å². The third-order valence-corrected chi connectivity index (χ3v) is 4.27. The Labute approximate surface area is 160 Å². The van der Waals surface area contributed by atoms with Crippen LogP contribution >= 0.6 is 35.3 Å². The van der Waals surface area contributed by atoms with Crippen LogP contribution in [-0.2, 0) is 13.0 Å². The number of benzene rings is 1. The van der Waals surface area contributed by atoms with E-state index in [9.17, 15) is 0 Å². The predicted molar refractivity (Wildman–Crippen MR) is 110 cm³/mol. The topological polar surface area (TPSA) is 40.5 Å². The van der Waals surface area contributed by atoms with Gasteiger partial charge in [0.1, 0.15) is 0 Å². The summed E-state index contributed by atoms with van der Waals surface area (Å²) in [6.45, 7) is 5.83. The number of rotatable bonds is 5. The molecule has 0 aliphatic heterocycles. The van der Waals surface area contributed by atoms with Crippen molar-refractivity contribution in [3.05, 3.63) is 51.5 Å². The first-order valence-corrected chi connectivity index (χ1v) is 8.35. The maximum absolute atomic E-state index is 4.48. The molecule has 4 nitrogen and oxygen atoms in total. The van der Waals surface area contributed by atoms with Gasteiger partial charge >= 0.3 is 0 Å². The summed E-state index contributed by atoms with van der Waals surface area (Å²) < 4.78 is 0. The molecule has 1 aromatic heterocycles. The largest absolute Gasteiger partial charge is 0.356 e. The van der Waals surface area contributed by atoms with Crippen LogP contribution in [0.25, 0.3) is 0 Å². The van der Waals surface area contributed by atoms with Crippen LogP contribution in [0.3, 0.4) is 0 Å². The van der Waals surface area contributed by atoms with E-state index >= 15 is 0 Å². The molecule has 1 heterocycles. The second kappa shape index (κ2) is 9.87. The number of thiazole rings is 1. The monoisotopic (exact) mass is 444 g/mol. The predicted octanol–water partition coefficient (Wildman–Crippen LogP) is 3.63. The maximum Gasteiger partial charge on any atom is 0.193 e. The van der Waals surface area contributed by atoms with Crippen molar-refractivity contribution in [3.8, 4) is 0 Å². The first-order valence-electron chi connectivity index (χ1n) is 7.47. The molecule has 0 amide bonds. The average Bonchev–Trinajstić information content (AvgIpc) is 2.91. The highest BCUT2D eigenvalue weighted by Crippen LogP contribution is 2.08. The Morgan fingerprint density at radius 2 is 1.96 bits per heavy atom. The smallest absolute Gasteiger partial charge is 0.193 e. The molecule has 0 radical (unpaired) electrons. The van der Waals surface area contributed by atoms with Crippen molar-refractivity contribution in [2.24, 2.45) is 4.99 Å². The Bertz CT molecular complexity index is 622. The fourth-order valence-corrected chi connectivity index (χ4v) is 2.90. The number of nitrogens with zero attached hydrogens (tertiary/aromatic N) is 3. The number of hydrogen-bond acceptors (Lipinski definition) is 3. The molecule has 0 unspecified atom stereocenters. The normalized spacial score (nSPS) is 11.0. The molecule has 0 fully saturated rings. The van der Waals surface area contributed by atoms with E-state index in [0.29, 0.717) is 0 Å². The SMILES string of the molecule is CN=C(NCCc1csc(C)n1)N(C)Cc1ccc(C)cc1.I. The third-order valence-electron chi connectivity index (χ3n) is 3.44. The molecular weight excluding hydrogens is 419 g/mol. The van der Waals surface area contributed by atoms with Crippen LogP contribution in [0.4, 0.5) is 0 Å². The quantitative estimate of drug-likeness (QED) is 0.435. The van der Waals surface area contributed by atoms with Crippen molar-refractivity contribution in [3.63, 3.8) is 0 Å². The molecule has 0 atom stereocenters. The van der Waals surface area contributed by atoms with Crippen LogP contribution in [0.5, 0.6) is 0 Å². The Morgan fingerprint density at radius 3 is 2.52 bits per heavy atom. The van der Waals surface area contributed by atoms with Gasteiger partial charge in [0.15, 0.2) is 5.96 Å². The fraction of sp³-hybridized carbons (Fsp3) is 0.412. The van der Waals surface area contributed by atoms with Gasteiger partial charge in [-0.25, -0.2) is 4.98 Å². The molecule has 6 heteroatoms. The van der Waals surface area contributed by atoms with Crippen LogP contribution < -0.4 is 5.32 Å². The Hall–Kier alpha value is -1.15. The van der Waals surface area contributed by atoms with E-state index in [1.54, 1.807) is 11.3 Å². The molecule has 2 aromatic rings. The minimum Gasteiger partial charge on any atom is -0.356 e. The zero-order chi connectivity index (χ0) is 15.9. The summed E-state index contributed by atoms with van der Waals surface area (Å²) >= 11 is 1.70. The van der Waals surface area contributed by atoms with Gasteiger partial charge in [0.25, 0.3) is 0 Å². The van der Waals surface area contributed by atoms with E-state index in [1.165, 1.54) is 11.1 Å². The Kier molecular flexibility index (Phi) is 8.54. The van der Waals surface area contributed by atoms with Gasteiger partial charge in [0, 0.05) is 39.0 Å². The van der Waals surface area contributed by atoms with E-state index in [0.717, 1.165) is 36.2 Å². The summed E-state index contributed by atoms with van der Waals surface area (Å²) in [6, 6.07) is 8.61. The van der Waals surface area contributed by atoms with Crippen molar-refractivity contribution < 1.29 is 0 Å². The molecule has 126 valence electrons. The van der Waals surface area contributed by atoms with E-state index < -0.39 is 0 Å². The zero-order valence-electron chi connectivity index (χ0n) is 14.2. The average molecular weight is 444 g/mol. The third kappa shape index (κ3) is 6.47. The fourth-order valence-electron chi connectivity index (χ4n) is 2.25. The number of nitrogens with one attached hydrogen (secondary N) is 1. The van der Waals surface area contributed by atoms with Crippen molar-refractivity contribution in [2.75, 3.05) is 20.6 Å². The standard InChI is InChI=1S/C17H24N4S.HI/c1-13-5-7-15(8-6-13)11-21(4)17(18-3)19-10-9-16-12-22-14(2)20-16;/h5-8,12H,9-11H2,1-4H3,(H,18,19);1H. The Balaban J connectivity index is 0.00000264. The molecule has 0 aliphatic carbocycles. The van der Waals surface area contributed by atoms with Crippen molar-refractivity contribution in [1.82, 2.24) is 15.2 Å². The lowest BCUT2D eigenvalue weighted by Crippen LogP contribution is -2.39. The number of guanidine groups is 1. The van der Waals surface area contributed by atoms with Gasteiger partial charge in [0.2, 0.25) is 0 Å². The summed E-state index contributed by atoms with van der Waals surface area (Å²) in [4.78, 5) is 11.0. The van der Waals surface area contributed by atoms with Crippen molar-refractivity contribution in [1.29, 1.82) is 0 Å². The molecule has 0 saturated heterocycles. The van der Waals surface area contributed by atoms with E-state index in [-0.39, 0.29) is 24.0 Å². The lowest BCUT2D eigenvalue weighted by atomic mass is 10.1. The summed E-state index contributed by atoms with van der Waals surface area (Å²) in [6.07, 6.45) is 0.918. The molecule has 1 aromatic carbocycles. The number of aliphatic imine (C=N–C) groups is 1.